The molecular formula is C16H24ClN3O5. The molecule has 0 fully saturated rings. The highest BCUT2D eigenvalue weighted by atomic mass is 35.5. The summed E-state index contributed by atoms with van der Waals surface area (Å²) in [5, 5.41) is 21.3. The summed E-state index contributed by atoms with van der Waals surface area (Å²) in [5.41, 5.74) is 1.36. The van der Waals surface area contributed by atoms with E-state index in [4.69, 9.17) is 31.4 Å². The van der Waals surface area contributed by atoms with Gasteiger partial charge in [0.2, 0.25) is 0 Å². The first-order chi connectivity index (χ1) is 11.8. The van der Waals surface area contributed by atoms with Gasteiger partial charge >= 0.3 is 11.9 Å². The fraction of sp³-hybridized carbons (Fsp3) is 0.438. The molecule has 9 heteroatoms. The normalized spacial score (nSPS) is 9.80. The molecule has 1 amide bonds. The molecule has 0 heterocycles. The van der Waals surface area contributed by atoms with Gasteiger partial charge in [0, 0.05) is 30.8 Å². The number of benzene rings is 1. The van der Waals surface area contributed by atoms with Gasteiger partial charge in [-0.2, -0.15) is 0 Å². The van der Waals surface area contributed by atoms with Crippen LogP contribution in [0, 0.1) is 0 Å². The van der Waals surface area contributed by atoms with Crippen molar-refractivity contribution in [3.63, 3.8) is 0 Å². The zero-order chi connectivity index (χ0) is 19.4. The average molecular weight is 374 g/mol. The van der Waals surface area contributed by atoms with E-state index >= 15 is 0 Å². The lowest BCUT2D eigenvalue weighted by molar-refractivity contribution is -0.159. The summed E-state index contributed by atoms with van der Waals surface area (Å²) in [5.74, 6) is -3.75. The lowest BCUT2D eigenvalue weighted by Gasteiger charge is -2.18. The van der Waals surface area contributed by atoms with Crippen molar-refractivity contribution in [2.24, 2.45) is 0 Å². The van der Waals surface area contributed by atoms with Gasteiger partial charge < -0.3 is 25.7 Å². The first kappa shape index (κ1) is 22.7. The second kappa shape index (κ2) is 12.1. The van der Waals surface area contributed by atoms with Crippen molar-refractivity contribution in [1.82, 2.24) is 10.2 Å². The predicted octanol–water partition coefficient (Wildman–Crippen LogP) is 1.61. The van der Waals surface area contributed by atoms with Crippen LogP contribution in [0.5, 0.6) is 0 Å². The fourth-order valence-electron chi connectivity index (χ4n) is 1.88. The number of likely N-dealkylation sites (N-methyl/N-ethyl adjacent to an activating group) is 1. The molecule has 0 atom stereocenters. The van der Waals surface area contributed by atoms with Crippen molar-refractivity contribution in [2.45, 2.75) is 13.8 Å². The Bertz CT molecular complexity index is 579. The van der Waals surface area contributed by atoms with Crippen molar-refractivity contribution in [2.75, 3.05) is 38.5 Å². The Kier molecular flexibility index (Phi) is 11.0. The topological polar surface area (TPSA) is 119 Å². The number of halogens is 1. The van der Waals surface area contributed by atoms with Crippen molar-refractivity contribution >= 4 is 35.1 Å². The molecule has 0 unspecified atom stereocenters. The van der Waals surface area contributed by atoms with Crippen molar-refractivity contribution < 1.29 is 24.6 Å². The summed E-state index contributed by atoms with van der Waals surface area (Å²) in [6.45, 7) is 7.70. The van der Waals surface area contributed by atoms with Crippen LogP contribution in [-0.4, -0.2) is 66.2 Å². The minimum absolute atomic E-state index is 0.0981. The molecule has 0 aliphatic rings. The number of aliphatic carboxylic acids is 2. The largest absolute Gasteiger partial charge is 0.473 e. The highest BCUT2D eigenvalue weighted by molar-refractivity contribution is 6.31. The molecule has 4 N–H and O–H groups in total. The van der Waals surface area contributed by atoms with E-state index in [1.807, 2.05) is 6.07 Å². The molecule has 0 spiro atoms. The molecule has 0 saturated carbocycles. The number of carbonyl (C=O) groups is 3. The molecule has 25 heavy (non-hydrogen) atoms. The molecule has 0 saturated heterocycles. The highest BCUT2D eigenvalue weighted by Crippen LogP contribution is 2.20. The maximum atomic E-state index is 12.1. The summed E-state index contributed by atoms with van der Waals surface area (Å²) in [7, 11) is 1.79. The van der Waals surface area contributed by atoms with Crippen LogP contribution in [0.1, 0.15) is 24.2 Å². The molecule has 140 valence electrons. The van der Waals surface area contributed by atoms with E-state index in [1.54, 1.807) is 19.2 Å². The van der Waals surface area contributed by atoms with Crippen LogP contribution in [0.2, 0.25) is 5.02 Å². The molecule has 0 aliphatic carbocycles. The van der Waals surface area contributed by atoms with Gasteiger partial charge in [0.1, 0.15) is 0 Å². The molecule has 0 bridgehead atoms. The number of nitrogens with zero attached hydrogens (tertiary/aromatic N) is 1. The molecular weight excluding hydrogens is 350 g/mol. The fourth-order valence-corrected chi connectivity index (χ4v) is 2.06. The lowest BCUT2D eigenvalue weighted by atomic mass is 10.1. The molecule has 8 nitrogen and oxygen atoms in total. The monoisotopic (exact) mass is 373 g/mol. The summed E-state index contributed by atoms with van der Waals surface area (Å²) in [6, 6.07) is 5.25. The quantitative estimate of drug-likeness (QED) is 0.536. The Morgan fingerprint density at radius 1 is 1.12 bits per heavy atom. The lowest BCUT2D eigenvalue weighted by Crippen LogP contribution is -2.35. The first-order valence-corrected chi connectivity index (χ1v) is 8.08. The van der Waals surface area contributed by atoms with Gasteiger partial charge in [-0.05, 0) is 31.3 Å². The number of hydrogen-bond acceptors (Lipinski definition) is 5. The molecule has 1 aromatic carbocycles. The van der Waals surface area contributed by atoms with Crippen LogP contribution >= 0.6 is 11.6 Å². The van der Waals surface area contributed by atoms with Gasteiger partial charge in [-0.15, -0.1) is 0 Å². The van der Waals surface area contributed by atoms with Crippen LogP contribution in [0.3, 0.4) is 0 Å². The number of hydrogen-bond donors (Lipinski definition) is 4. The van der Waals surface area contributed by atoms with E-state index in [2.05, 4.69) is 29.4 Å². The van der Waals surface area contributed by atoms with E-state index < -0.39 is 11.9 Å². The number of carboxylic acid groups (broad SMARTS) is 2. The second-order valence-electron chi connectivity index (χ2n) is 4.83. The first-order valence-electron chi connectivity index (χ1n) is 7.70. The Hall–Kier alpha value is -2.32. The number of nitrogens with one attached hydrogen (secondary N) is 2. The van der Waals surface area contributed by atoms with Crippen LogP contribution in [0.25, 0.3) is 0 Å². The van der Waals surface area contributed by atoms with Gasteiger partial charge in [-0.25, -0.2) is 9.59 Å². The Morgan fingerprint density at radius 2 is 1.68 bits per heavy atom. The molecule has 0 radical (unpaired) electrons. The summed E-state index contributed by atoms with van der Waals surface area (Å²) in [6.07, 6.45) is 0. The van der Waals surface area contributed by atoms with Crippen molar-refractivity contribution in [1.29, 1.82) is 0 Å². The third-order valence-electron chi connectivity index (χ3n) is 3.29. The third-order valence-corrected chi connectivity index (χ3v) is 3.52. The summed E-state index contributed by atoms with van der Waals surface area (Å²) in [4.78, 5) is 32.6. The van der Waals surface area contributed by atoms with Gasteiger partial charge in [0.15, 0.2) is 0 Å². The van der Waals surface area contributed by atoms with Crippen molar-refractivity contribution in [3.8, 4) is 0 Å². The van der Waals surface area contributed by atoms with Crippen LogP contribution in [0.4, 0.5) is 5.69 Å². The third kappa shape index (κ3) is 8.92. The number of amides is 1. The molecule has 1 aromatic rings. The number of carboxylic acids is 2. The van der Waals surface area contributed by atoms with Gasteiger partial charge in [-0.1, -0.05) is 25.4 Å². The van der Waals surface area contributed by atoms with Gasteiger partial charge in [0.25, 0.3) is 5.91 Å². The minimum Gasteiger partial charge on any atom is -0.473 e. The Morgan fingerprint density at radius 3 is 2.12 bits per heavy atom. The number of carbonyl (C=O) groups excluding carboxylic acids is 1. The zero-order valence-electron chi connectivity index (χ0n) is 14.5. The molecule has 1 rings (SSSR count). The molecule has 0 aliphatic heterocycles. The second-order valence-corrected chi connectivity index (χ2v) is 5.27. The minimum atomic E-state index is -1.82. The maximum absolute atomic E-state index is 12.1. The van der Waals surface area contributed by atoms with E-state index in [0.717, 1.165) is 25.3 Å². The SMILES string of the molecule is CCN(CC)CCNC(=O)c1cc(Cl)ccc1NC.O=C(O)C(=O)O. The summed E-state index contributed by atoms with van der Waals surface area (Å²) < 4.78 is 0. The standard InChI is InChI=1S/C14H22ClN3O.C2H2O4/c1-4-18(5-2)9-8-17-14(19)12-10-11(15)6-7-13(12)16-3;3-1(4)2(5)6/h6-7,10,16H,4-5,8-9H2,1-3H3,(H,17,19);(H,3,4)(H,5,6). The van der Waals surface area contributed by atoms with E-state index in [1.165, 1.54) is 0 Å². The smallest absolute Gasteiger partial charge is 0.414 e. The van der Waals surface area contributed by atoms with Crippen LogP contribution in [-0.2, 0) is 9.59 Å². The van der Waals surface area contributed by atoms with E-state index in [9.17, 15) is 4.79 Å². The average Bonchev–Trinajstić information content (AvgIpc) is 2.59. The predicted molar refractivity (Wildman–Crippen MR) is 96.4 cm³/mol. The Balaban J connectivity index is 0.000000823. The number of rotatable bonds is 7. The summed E-state index contributed by atoms with van der Waals surface area (Å²) >= 11 is 5.93. The van der Waals surface area contributed by atoms with Crippen LogP contribution in [0.15, 0.2) is 18.2 Å². The Labute approximate surface area is 151 Å². The van der Waals surface area contributed by atoms with Crippen LogP contribution < -0.4 is 10.6 Å². The van der Waals surface area contributed by atoms with E-state index in [-0.39, 0.29) is 5.91 Å². The highest BCUT2D eigenvalue weighted by Gasteiger charge is 2.11. The zero-order valence-corrected chi connectivity index (χ0v) is 15.3. The maximum Gasteiger partial charge on any atom is 0.414 e. The van der Waals surface area contributed by atoms with Gasteiger partial charge in [0.05, 0.1) is 5.56 Å². The molecule has 0 aromatic heterocycles. The van der Waals surface area contributed by atoms with E-state index in [0.29, 0.717) is 17.1 Å². The van der Waals surface area contributed by atoms with Gasteiger partial charge in [-0.3, -0.25) is 4.79 Å². The van der Waals surface area contributed by atoms with Crippen molar-refractivity contribution in [3.05, 3.63) is 28.8 Å². The number of anilines is 1.